The van der Waals surface area contributed by atoms with Gasteiger partial charge >= 0.3 is 12.0 Å². The third-order valence-corrected chi connectivity index (χ3v) is 4.68. The van der Waals surface area contributed by atoms with Crippen molar-refractivity contribution in [2.75, 3.05) is 13.1 Å². The zero-order valence-corrected chi connectivity index (χ0v) is 12.0. The van der Waals surface area contributed by atoms with E-state index >= 15 is 0 Å². The van der Waals surface area contributed by atoms with Crippen molar-refractivity contribution in [2.24, 2.45) is 5.92 Å². The van der Waals surface area contributed by atoms with Crippen molar-refractivity contribution in [3.05, 3.63) is 0 Å². The minimum absolute atomic E-state index is 0.0634. The number of likely N-dealkylation sites (tertiary alicyclic amines) is 1. The predicted molar refractivity (Wildman–Crippen MR) is 73.3 cm³/mol. The number of nitrogens with zero attached hydrogens (tertiary/aromatic N) is 1. The molecule has 2 fully saturated rings. The first-order valence-electron chi connectivity index (χ1n) is 7.44. The Kier molecular flexibility index (Phi) is 4.52. The second-order valence-corrected chi connectivity index (χ2v) is 6.09. The van der Waals surface area contributed by atoms with Crippen molar-refractivity contribution in [2.45, 2.75) is 57.1 Å². The van der Waals surface area contributed by atoms with Crippen LogP contribution in [0.5, 0.6) is 0 Å². The monoisotopic (exact) mass is 284 g/mol. The molecule has 0 spiro atoms. The summed E-state index contributed by atoms with van der Waals surface area (Å²) in [5, 5.41) is 22.0. The first-order valence-corrected chi connectivity index (χ1v) is 7.44. The van der Waals surface area contributed by atoms with Gasteiger partial charge in [-0.1, -0.05) is 6.92 Å². The van der Waals surface area contributed by atoms with Gasteiger partial charge in [0.25, 0.3) is 0 Å². The van der Waals surface area contributed by atoms with Gasteiger partial charge in [-0.2, -0.15) is 0 Å². The van der Waals surface area contributed by atoms with E-state index in [4.69, 9.17) is 5.11 Å². The minimum Gasteiger partial charge on any atom is -0.481 e. The number of nitrogens with one attached hydrogen (secondary N) is 1. The average molecular weight is 284 g/mol. The highest BCUT2D eigenvalue weighted by Gasteiger charge is 2.37. The molecule has 1 heterocycles. The highest BCUT2D eigenvalue weighted by atomic mass is 16.4. The van der Waals surface area contributed by atoms with Crippen LogP contribution in [0.4, 0.5) is 4.79 Å². The summed E-state index contributed by atoms with van der Waals surface area (Å²) in [6, 6.07) is -0.0680. The van der Waals surface area contributed by atoms with Gasteiger partial charge in [-0.3, -0.25) is 4.79 Å². The molecule has 1 saturated heterocycles. The van der Waals surface area contributed by atoms with Gasteiger partial charge in [0.2, 0.25) is 0 Å². The van der Waals surface area contributed by atoms with E-state index in [9.17, 15) is 14.7 Å². The summed E-state index contributed by atoms with van der Waals surface area (Å²) in [6.45, 7) is 2.90. The van der Waals surface area contributed by atoms with E-state index in [-0.39, 0.29) is 18.0 Å². The quantitative estimate of drug-likeness (QED) is 0.726. The molecule has 2 aliphatic rings. The number of aliphatic hydroxyl groups is 1. The summed E-state index contributed by atoms with van der Waals surface area (Å²) < 4.78 is 0. The normalized spacial score (nSPS) is 34.0. The maximum absolute atomic E-state index is 12.1. The molecule has 1 unspecified atom stereocenters. The van der Waals surface area contributed by atoms with Gasteiger partial charge in [-0.25, -0.2) is 4.79 Å². The molecule has 0 radical (unpaired) electrons. The number of hydrogen-bond acceptors (Lipinski definition) is 3. The lowest BCUT2D eigenvalue weighted by atomic mass is 9.86. The maximum Gasteiger partial charge on any atom is 0.317 e. The fourth-order valence-electron chi connectivity index (χ4n) is 3.07. The lowest BCUT2D eigenvalue weighted by Crippen LogP contribution is -2.46. The van der Waals surface area contributed by atoms with Crippen molar-refractivity contribution in [3.8, 4) is 0 Å². The van der Waals surface area contributed by atoms with E-state index in [1.165, 1.54) is 0 Å². The third kappa shape index (κ3) is 3.42. The molecule has 0 bridgehead atoms. The van der Waals surface area contributed by atoms with Crippen LogP contribution in [0.2, 0.25) is 0 Å². The van der Waals surface area contributed by atoms with Gasteiger partial charge in [-0.05, 0) is 38.5 Å². The number of carboxylic acids is 1. The molecule has 1 aliphatic carbocycles. The molecule has 0 aromatic heterocycles. The topological polar surface area (TPSA) is 89.9 Å². The molecule has 2 amide bonds. The highest BCUT2D eigenvalue weighted by molar-refractivity contribution is 5.75. The second-order valence-electron chi connectivity index (χ2n) is 6.09. The fraction of sp³-hybridized carbons (Fsp3) is 0.857. The Balaban J connectivity index is 1.78. The number of aliphatic carboxylic acids is 1. The standard InChI is InChI=1S/C14H24N2O4/c1-2-14(20)7-8-16(9-14)13(19)15-11-5-3-10(4-6-11)12(17)18/h10-11,20H,2-9H2,1H3,(H,15,19)(H,17,18). The fourth-order valence-corrected chi connectivity index (χ4v) is 3.07. The van der Waals surface area contributed by atoms with Crippen molar-refractivity contribution in [1.82, 2.24) is 10.2 Å². The van der Waals surface area contributed by atoms with Crippen LogP contribution in [-0.4, -0.2) is 51.8 Å². The van der Waals surface area contributed by atoms with Crippen LogP contribution in [0, 0.1) is 5.92 Å². The van der Waals surface area contributed by atoms with Gasteiger partial charge in [0.1, 0.15) is 0 Å². The van der Waals surface area contributed by atoms with Crippen LogP contribution in [0.3, 0.4) is 0 Å². The Morgan fingerprint density at radius 3 is 2.45 bits per heavy atom. The van der Waals surface area contributed by atoms with Crippen LogP contribution in [0.15, 0.2) is 0 Å². The summed E-state index contributed by atoms with van der Waals surface area (Å²) >= 11 is 0. The van der Waals surface area contributed by atoms with E-state index in [0.717, 1.165) is 0 Å². The Morgan fingerprint density at radius 2 is 1.95 bits per heavy atom. The van der Waals surface area contributed by atoms with E-state index in [1.807, 2.05) is 6.92 Å². The molecule has 1 atom stereocenters. The number of carbonyl (C=O) groups is 2. The molecule has 3 N–H and O–H groups in total. The summed E-state index contributed by atoms with van der Waals surface area (Å²) in [4.78, 5) is 24.7. The predicted octanol–water partition coefficient (Wildman–Crippen LogP) is 1.19. The zero-order chi connectivity index (χ0) is 14.8. The molecular weight excluding hydrogens is 260 g/mol. The van der Waals surface area contributed by atoms with Crippen molar-refractivity contribution in [3.63, 3.8) is 0 Å². The molecule has 114 valence electrons. The number of amides is 2. The number of carboxylic acid groups (broad SMARTS) is 1. The highest BCUT2D eigenvalue weighted by Crippen LogP contribution is 2.26. The Labute approximate surface area is 119 Å². The van der Waals surface area contributed by atoms with Crippen molar-refractivity contribution in [1.29, 1.82) is 0 Å². The smallest absolute Gasteiger partial charge is 0.317 e. The lowest BCUT2D eigenvalue weighted by Gasteiger charge is -2.29. The Bertz CT molecular complexity index is 379. The first-order chi connectivity index (χ1) is 9.43. The first kappa shape index (κ1) is 15.1. The van der Waals surface area contributed by atoms with Crippen LogP contribution in [-0.2, 0) is 4.79 Å². The van der Waals surface area contributed by atoms with Gasteiger partial charge in [-0.15, -0.1) is 0 Å². The van der Waals surface area contributed by atoms with Crippen molar-refractivity contribution < 1.29 is 19.8 Å². The van der Waals surface area contributed by atoms with Crippen LogP contribution in [0.25, 0.3) is 0 Å². The SMILES string of the molecule is CCC1(O)CCN(C(=O)NC2CCC(C(=O)O)CC2)C1. The molecule has 1 aliphatic heterocycles. The molecular formula is C14H24N2O4. The van der Waals surface area contributed by atoms with E-state index < -0.39 is 11.6 Å². The van der Waals surface area contributed by atoms with Crippen LogP contribution < -0.4 is 5.32 Å². The molecule has 0 aromatic carbocycles. The molecule has 2 rings (SSSR count). The van der Waals surface area contributed by atoms with E-state index in [1.54, 1.807) is 4.90 Å². The number of hydrogen-bond donors (Lipinski definition) is 3. The van der Waals surface area contributed by atoms with Gasteiger partial charge < -0.3 is 20.4 Å². The summed E-state index contributed by atoms with van der Waals surface area (Å²) in [6.07, 6.45) is 3.96. The number of urea groups is 1. The average Bonchev–Trinajstić information content (AvgIpc) is 2.83. The van der Waals surface area contributed by atoms with Gasteiger partial charge in [0.05, 0.1) is 18.1 Å². The summed E-state index contributed by atoms with van der Waals surface area (Å²) in [5.74, 6) is -0.998. The molecule has 20 heavy (non-hydrogen) atoms. The number of β-amino-alcohol motifs (C(OH)–C–C–N with tert-alkyl or cyclic N) is 1. The van der Waals surface area contributed by atoms with Crippen molar-refractivity contribution >= 4 is 12.0 Å². The largest absolute Gasteiger partial charge is 0.481 e. The maximum atomic E-state index is 12.1. The molecule has 0 aromatic rings. The molecule has 6 nitrogen and oxygen atoms in total. The Morgan fingerprint density at radius 1 is 1.30 bits per heavy atom. The number of rotatable bonds is 3. The number of carbonyl (C=O) groups excluding carboxylic acids is 1. The second kappa shape index (κ2) is 5.99. The minimum atomic E-state index is -0.738. The van der Waals surface area contributed by atoms with Gasteiger partial charge in [0, 0.05) is 12.6 Å². The lowest BCUT2D eigenvalue weighted by molar-refractivity contribution is -0.142. The molecule has 1 saturated carbocycles. The third-order valence-electron chi connectivity index (χ3n) is 4.68. The van der Waals surface area contributed by atoms with Crippen LogP contribution in [0.1, 0.15) is 45.4 Å². The van der Waals surface area contributed by atoms with E-state index in [2.05, 4.69) is 5.32 Å². The van der Waals surface area contributed by atoms with Crippen LogP contribution >= 0.6 is 0 Å². The van der Waals surface area contributed by atoms with Gasteiger partial charge in [0.15, 0.2) is 0 Å². The summed E-state index contributed by atoms with van der Waals surface area (Å²) in [7, 11) is 0. The van der Waals surface area contributed by atoms with E-state index in [0.29, 0.717) is 51.6 Å². The Hall–Kier alpha value is -1.30. The zero-order valence-electron chi connectivity index (χ0n) is 12.0. The summed E-state index contributed by atoms with van der Waals surface area (Å²) in [5.41, 5.74) is -0.738. The molecule has 6 heteroatoms.